The van der Waals surface area contributed by atoms with E-state index in [9.17, 15) is 4.79 Å². The molecule has 0 fully saturated rings. The van der Waals surface area contributed by atoms with E-state index in [1.807, 2.05) is 24.3 Å². The maximum absolute atomic E-state index is 12.2. The second-order valence-corrected chi connectivity index (χ2v) is 5.78. The fourth-order valence-electron chi connectivity index (χ4n) is 2.60. The molecular formula is C18H19N5O. The van der Waals surface area contributed by atoms with Gasteiger partial charge in [-0.3, -0.25) is 4.79 Å². The summed E-state index contributed by atoms with van der Waals surface area (Å²) in [6.45, 7) is 4.15. The number of nitrogens with zero attached hydrogens (tertiary/aromatic N) is 4. The van der Waals surface area contributed by atoms with Crippen LogP contribution in [0.25, 0.3) is 5.69 Å². The third-order valence-electron chi connectivity index (χ3n) is 3.86. The minimum Gasteiger partial charge on any atom is -0.326 e. The fourth-order valence-corrected chi connectivity index (χ4v) is 2.60. The monoisotopic (exact) mass is 321 g/mol. The number of carbonyl (C=O) groups excluding carboxylic acids is 1. The molecule has 0 atom stereocenters. The third-order valence-corrected chi connectivity index (χ3v) is 3.86. The van der Waals surface area contributed by atoms with Gasteiger partial charge in [0.05, 0.1) is 5.69 Å². The molecule has 0 bridgehead atoms. The molecule has 1 N–H and O–H groups in total. The number of anilines is 1. The van der Waals surface area contributed by atoms with Crippen molar-refractivity contribution in [3.63, 3.8) is 0 Å². The summed E-state index contributed by atoms with van der Waals surface area (Å²) in [5.41, 5.74) is 5.20. The predicted molar refractivity (Wildman–Crippen MR) is 92.0 cm³/mol. The Morgan fingerprint density at radius 1 is 1.17 bits per heavy atom. The van der Waals surface area contributed by atoms with E-state index in [-0.39, 0.29) is 5.91 Å². The molecule has 122 valence electrons. The van der Waals surface area contributed by atoms with Crippen LogP contribution < -0.4 is 5.32 Å². The minimum atomic E-state index is -0.0103. The number of hydrogen-bond acceptors (Lipinski definition) is 4. The Hall–Kier alpha value is -3.02. The standard InChI is InChI=1S/C18H19N5O/c1-13-6-7-15(14(2)10-13)8-9-18(24)20-16-4-3-5-17(11-16)23-12-19-21-22-23/h3-7,10-12H,8-9H2,1-2H3,(H,20,24). The average molecular weight is 321 g/mol. The van der Waals surface area contributed by atoms with E-state index in [1.165, 1.54) is 23.0 Å². The molecule has 1 heterocycles. The van der Waals surface area contributed by atoms with Gasteiger partial charge in [-0.25, -0.2) is 4.68 Å². The van der Waals surface area contributed by atoms with Crippen molar-refractivity contribution in [3.8, 4) is 5.69 Å². The fraction of sp³-hybridized carbons (Fsp3) is 0.222. The van der Waals surface area contributed by atoms with Gasteiger partial charge in [0.2, 0.25) is 5.91 Å². The lowest BCUT2D eigenvalue weighted by Crippen LogP contribution is -2.13. The van der Waals surface area contributed by atoms with Gasteiger partial charge in [-0.1, -0.05) is 29.8 Å². The summed E-state index contributed by atoms with van der Waals surface area (Å²) >= 11 is 0. The molecule has 0 saturated heterocycles. The molecule has 3 rings (SSSR count). The molecular weight excluding hydrogens is 302 g/mol. The van der Waals surface area contributed by atoms with Crippen molar-refractivity contribution >= 4 is 11.6 Å². The van der Waals surface area contributed by atoms with Gasteiger partial charge >= 0.3 is 0 Å². The number of aryl methyl sites for hydroxylation is 3. The van der Waals surface area contributed by atoms with Crippen LogP contribution in [0.4, 0.5) is 5.69 Å². The Labute approximate surface area is 140 Å². The van der Waals surface area contributed by atoms with E-state index in [0.717, 1.165) is 17.8 Å². The largest absolute Gasteiger partial charge is 0.326 e. The highest BCUT2D eigenvalue weighted by Gasteiger charge is 2.06. The van der Waals surface area contributed by atoms with Crippen LogP contribution in [0.15, 0.2) is 48.8 Å². The number of aromatic nitrogens is 4. The first kappa shape index (κ1) is 15.9. The summed E-state index contributed by atoms with van der Waals surface area (Å²) in [6.07, 6.45) is 2.69. The van der Waals surface area contributed by atoms with E-state index in [2.05, 4.69) is 52.9 Å². The zero-order valence-corrected chi connectivity index (χ0v) is 13.7. The molecule has 6 heteroatoms. The van der Waals surface area contributed by atoms with E-state index >= 15 is 0 Å². The Morgan fingerprint density at radius 3 is 2.79 bits per heavy atom. The van der Waals surface area contributed by atoms with E-state index < -0.39 is 0 Å². The van der Waals surface area contributed by atoms with Crippen LogP contribution >= 0.6 is 0 Å². The van der Waals surface area contributed by atoms with Crippen LogP contribution in [0.5, 0.6) is 0 Å². The predicted octanol–water partition coefficient (Wildman–Crippen LogP) is 2.85. The van der Waals surface area contributed by atoms with Crippen molar-refractivity contribution in [2.45, 2.75) is 26.7 Å². The summed E-state index contributed by atoms with van der Waals surface area (Å²) < 4.78 is 1.55. The minimum absolute atomic E-state index is 0.0103. The Morgan fingerprint density at radius 2 is 2.04 bits per heavy atom. The van der Waals surface area contributed by atoms with Gasteiger partial charge in [0, 0.05) is 12.1 Å². The van der Waals surface area contributed by atoms with Crippen LogP contribution in [0.2, 0.25) is 0 Å². The summed E-state index contributed by atoms with van der Waals surface area (Å²) in [6, 6.07) is 13.7. The first-order chi connectivity index (χ1) is 11.6. The highest BCUT2D eigenvalue weighted by atomic mass is 16.1. The molecule has 0 aliphatic carbocycles. The maximum Gasteiger partial charge on any atom is 0.224 e. The summed E-state index contributed by atoms with van der Waals surface area (Å²) in [4.78, 5) is 12.2. The molecule has 0 saturated carbocycles. The lowest BCUT2D eigenvalue weighted by atomic mass is 10.0. The van der Waals surface area contributed by atoms with Crippen molar-refractivity contribution in [2.24, 2.45) is 0 Å². The van der Waals surface area contributed by atoms with Crippen LogP contribution in [-0.4, -0.2) is 26.1 Å². The molecule has 0 spiro atoms. The number of tetrazole rings is 1. The van der Waals surface area contributed by atoms with Crippen LogP contribution in [-0.2, 0) is 11.2 Å². The number of rotatable bonds is 5. The number of nitrogens with one attached hydrogen (secondary N) is 1. The Kier molecular flexibility index (Phi) is 4.65. The SMILES string of the molecule is Cc1ccc(CCC(=O)Nc2cccc(-n3cnnn3)c2)c(C)c1. The quantitative estimate of drug-likeness (QED) is 0.784. The lowest BCUT2D eigenvalue weighted by molar-refractivity contribution is -0.116. The highest BCUT2D eigenvalue weighted by Crippen LogP contribution is 2.15. The smallest absolute Gasteiger partial charge is 0.224 e. The number of carbonyl (C=O) groups is 1. The van der Waals surface area contributed by atoms with Crippen molar-refractivity contribution in [3.05, 3.63) is 65.5 Å². The topological polar surface area (TPSA) is 72.7 Å². The first-order valence-corrected chi connectivity index (χ1v) is 7.81. The van der Waals surface area contributed by atoms with E-state index in [1.54, 1.807) is 4.68 Å². The average Bonchev–Trinajstić information content (AvgIpc) is 3.09. The zero-order chi connectivity index (χ0) is 16.9. The first-order valence-electron chi connectivity index (χ1n) is 7.81. The summed E-state index contributed by atoms with van der Waals surface area (Å²) in [5, 5.41) is 14.0. The van der Waals surface area contributed by atoms with Crippen molar-refractivity contribution in [2.75, 3.05) is 5.32 Å². The normalized spacial score (nSPS) is 10.6. The van der Waals surface area contributed by atoms with Crippen LogP contribution in [0.1, 0.15) is 23.1 Å². The Bertz CT molecular complexity index is 842. The van der Waals surface area contributed by atoms with Gasteiger partial charge in [-0.15, -0.1) is 5.10 Å². The van der Waals surface area contributed by atoms with Crippen molar-refractivity contribution in [1.82, 2.24) is 20.2 Å². The molecule has 1 aromatic heterocycles. The van der Waals surface area contributed by atoms with Crippen LogP contribution in [0.3, 0.4) is 0 Å². The molecule has 6 nitrogen and oxygen atoms in total. The van der Waals surface area contributed by atoms with Gasteiger partial charge in [0.1, 0.15) is 6.33 Å². The second kappa shape index (κ2) is 7.04. The molecule has 0 aliphatic heterocycles. The van der Waals surface area contributed by atoms with Crippen molar-refractivity contribution in [1.29, 1.82) is 0 Å². The van der Waals surface area contributed by atoms with Gasteiger partial charge in [0.25, 0.3) is 0 Å². The van der Waals surface area contributed by atoms with Gasteiger partial charge in [0.15, 0.2) is 0 Å². The summed E-state index contributed by atoms with van der Waals surface area (Å²) in [7, 11) is 0. The third kappa shape index (κ3) is 3.84. The Balaban J connectivity index is 1.62. The maximum atomic E-state index is 12.2. The molecule has 0 unspecified atom stereocenters. The van der Waals surface area contributed by atoms with Crippen molar-refractivity contribution < 1.29 is 4.79 Å². The molecule has 1 amide bonds. The molecule has 0 aliphatic rings. The van der Waals surface area contributed by atoms with Gasteiger partial charge < -0.3 is 5.32 Å². The number of benzene rings is 2. The van der Waals surface area contributed by atoms with E-state index in [4.69, 9.17) is 0 Å². The molecule has 24 heavy (non-hydrogen) atoms. The molecule has 0 radical (unpaired) electrons. The lowest BCUT2D eigenvalue weighted by Gasteiger charge is -2.09. The van der Waals surface area contributed by atoms with Gasteiger partial charge in [-0.05, 0) is 60.0 Å². The van der Waals surface area contributed by atoms with Gasteiger partial charge in [-0.2, -0.15) is 0 Å². The zero-order valence-electron chi connectivity index (χ0n) is 13.7. The number of hydrogen-bond donors (Lipinski definition) is 1. The summed E-state index contributed by atoms with van der Waals surface area (Å²) in [5.74, 6) is -0.0103. The second-order valence-electron chi connectivity index (χ2n) is 5.78. The van der Waals surface area contributed by atoms with E-state index in [0.29, 0.717) is 6.42 Å². The highest BCUT2D eigenvalue weighted by molar-refractivity contribution is 5.91. The molecule has 3 aromatic rings. The number of amides is 1. The van der Waals surface area contributed by atoms with Crippen LogP contribution in [0, 0.1) is 13.8 Å². The molecule has 2 aromatic carbocycles.